The van der Waals surface area contributed by atoms with Gasteiger partial charge in [0.25, 0.3) is 0 Å². The molecule has 0 saturated heterocycles. The maximum Gasteiger partial charge on any atom is 0.309 e. The van der Waals surface area contributed by atoms with Crippen LogP contribution in [0.4, 0.5) is 0 Å². The molecule has 41 heavy (non-hydrogen) atoms. The second-order valence-electron chi connectivity index (χ2n) is 11.3. The van der Waals surface area contributed by atoms with Gasteiger partial charge in [-0.05, 0) is 43.2 Å². The highest BCUT2D eigenvalue weighted by molar-refractivity contribution is 7.98. The number of hydrogen-bond acceptors (Lipinski definition) is 6. The van der Waals surface area contributed by atoms with E-state index in [0.29, 0.717) is 25.0 Å². The maximum atomic E-state index is 13.5. The van der Waals surface area contributed by atoms with Crippen LogP contribution >= 0.6 is 11.8 Å². The number of hydrogen-bond donors (Lipinski definition) is 3. The average Bonchev–Trinajstić information content (AvgIpc) is 3.45. The average molecular weight is 579 g/mol. The van der Waals surface area contributed by atoms with Crippen LogP contribution in [0, 0.1) is 11.8 Å². The number of thioether (sulfide) groups is 1. The van der Waals surface area contributed by atoms with E-state index in [1.165, 1.54) is 5.56 Å². The molecule has 2 amide bonds. The third-order valence-corrected chi connectivity index (χ3v) is 9.12. The molecule has 1 heterocycles. The highest BCUT2D eigenvalue weighted by Gasteiger charge is 2.35. The van der Waals surface area contributed by atoms with Crippen LogP contribution in [-0.2, 0) is 31.3 Å². The predicted octanol–water partition coefficient (Wildman–Crippen LogP) is 4.58. The van der Waals surface area contributed by atoms with E-state index in [-0.39, 0.29) is 49.4 Å². The van der Waals surface area contributed by atoms with Gasteiger partial charge in [0.1, 0.15) is 6.61 Å². The van der Waals surface area contributed by atoms with E-state index in [4.69, 9.17) is 4.74 Å². The van der Waals surface area contributed by atoms with Gasteiger partial charge in [0.05, 0.1) is 30.0 Å². The largest absolute Gasteiger partial charge is 0.463 e. The number of carbonyl (C=O) groups excluding carboxylic acids is 3. The lowest BCUT2D eigenvalue weighted by Gasteiger charge is -2.29. The summed E-state index contributed by atoms with van der Waals surface area (Å²) in [7, 11) is 0. The van der Waals surface area contributed by atoms with Gasteiger partial charge in [-0.15, -0.1) is 0 Å². The number of rotatable bonds is 10. The van der Waals surface area contributed by atoms with Crippen LogP contribution in [-0.4, -0.2) is 53.4 Å². The van der Waals surface area contributed by atoms with Gasteiger partial charge >= 0.3 is 5.97 Å². The van der Waals surface area contributed by atoms with Gasteiger partial charge < -0.3 is 20.5 Å². The summed E-state index contributed by atoms with van der Waals surface area (Å²) in [5.41, 5.74) is 1.67. The fourth-order valence-corrected chi connectivity index (χ4v) is 6.56. The molecule has 1 saturated carbocycles. The first-order valence-corrected chi connectivity index (χ1v) is 15.8. The SMILES string of the molecule is O=C(CC1CC=CCC(Cc2ccccc2)C(=O)OCC(CSCc2ccccc2)NC1=O)NC1(CO)CCCC1. The second kappa shape index (κ2) is 15.8. The monoisotopic (exact) mass is 578 g/mol. The molecule has 0 spiro atoms. The van der Waals surface area contributed by atoms with E-state index in [2.05, 4.69) is 22.8 Å². The number of cyclic esters (lactones) is 1. The molecule has 2 aliphatic rings. The Kier molecular flexibility index (Phi) is 11.9. The Morgan fingerprint density at radius 1 is 0.951 bits per heavy atom. The summed E-state index contributed by atoms with van der Waals surface area (Å²) in [6.07, 6.45) is 8.76. The highest BCUT2D eigenvalue weighted by atomic mass is 32.2. The molecule has 1 aliphatic carbocycles. The third kappa shape index (κ3) is 9.75. The summed E-state index contributed by atoms with van der Waals surface area (Å²) < 4.78 is 5.79. The van der Waals surface area contributed by atoms with Crippen LogP contribution in [0.15, 0.2) is 72.8 Å². The van der Waals surface area contributed by atoms with Crippen molar-refractivity contribution in [1.29, 1.82) is 0 Å². The molecule has 8 heteroatoms. The highest BCUT2D eigenvalue weighted by Crippen LogP contribution is 2.29. The normalized spacial score (nSPS) is 23.1. The molecule has 2 aromatic carbocycles. The molecule has 1 aliphatic heterocycles. The molecule has 3 N–H and O–H groups in total. The molecule has 3 unspecified atom stereocenters. The molecule has 7 nitrogen and oxygen atoms in total. The van der Waals surface area contributed by atoms with Crippen LogP contribution in [0.3, 0.4) is 0 Å². The molecule has 4 rings (SSSR count). The van der Waals surface area contributed by atoms with Crippen LogP contribution in [0.25, 0.3) is 0 Å². The standard InChI is InChI=1S/C33H42N2O5S/c36-24-33(17-9-10-18-33)35-30(37)20-27-15-7-8-16-28(19-25-11-3-1-4-12-25)32(39)40-21-29(34-31(27)38)23-41-22-26-13-5-2-6-14-26/h1-8,11-14,27-29,36H,9-10,15-24H2,(H,34,38)(H,35,37). The number of esters is 1. The fourth-order valence-electron chi connectivity index (χ4n) is 5.55. The number of allylic oxidation sites excluding steroid dienone is 2. The molecule has 0 aromatic heterocycles. The second-order valence-corrected chi connectivity index (χ2v) is 12.3. The maximum absolute atomic E-state index is 13.5. The molecular weight excluding hydrogens is 536 g/mol. The zero-order chi connectivity index (χ0) is 28.9. The van der Waals surface area contributed by atoms with Crippen LogP contribution < -0.4 is 10.6 Å². The van der Waals surface area contributed by atoms with Gasteiger partial charge in [-0.3, -0.25) is 14.4 Å². The summed E-state index contributed by atoms with van der Waals surface area (Å²) in [6, 6.07) is 19.6. The smallest absolute Gasteiger partial charge is 0.309 e. The van der Waals surface area contributed by atoms with Crippen molar-refractivity contribution < 1.29 is 24.2 Å². The number of carbonyl (C=O) groups is 3. The molecule has 3 atom stereocenters. The Balaban J connectivity index is 1.46. The van der Waals surface area contributed by atoms with Crippen molar-refractivity contribution in [3.05, 3.63) is 83.9 Å². The van der Waals surface area contributed by atoms with Crippen molar-refractivity contribution in [3.8, 4) is 0 Å². The summed E-state index contributed by atoms with van der Waals surface area (Å²) in [4.78, 5) is 39.7. The van der Waals surface area contributed by atoms with Gasteiger partial charge in [0.2, 0.25) is 11.8 Å². The van der Waals surface area contributed by atoms with Crippen molar-refractivity contribution in [2.24, 2.45) is 11.8 Å². The van der Waals surface area contributed by atoms with Crippen molar-refractivity contribution in [1.82, 2.24) is 10.6 Å². The molecule has 0 radical (unpaired) electrons. The van der Waals surface area contributed by atoms with Crippen molar-refractivity contribution in [2.75, 3.05) is 19.0 Å². The molecule has 0 bridgehead atoms. The van der Waals surface area contributed by atoms with E-state index in [1.807, 2.05) is 60.7 Å². The fraction of sp³-hybridized carbons (Fsp3) is 0.485. The summed E-state index contributed by atoms with van der Waals surface area (Å²) in [5.74, 6) is -0.271. The first-order chi connectivity index (χ1) is 20.0. The number of ether oxygens (including phenoxy) is 1. The predicted molar refractivity (Wildman–Crippen MR) is 162 cm³/mol. The zero-order valence-electron chi connectivity index (χ0n) is 23.6. The van der Waals surface area contributed by atoms with Crippen molar-refractivity contribution in [3.63, 3.8) is 0 Å². The van der Waals surface area contributed by atoms with Crippen LogP contribution in [0.1, 0.15) is 56.1 Å². The minimum atomic E-state index is -0.579. The third-order valence-electron chi connectivity index (χ3n) is 7.94. The van der Waals surface area contributed by atoms with Gasteiger partial charge in [0.15, 0.2) is 0 Å². The lowest BCUT2D eigenvalue weighted by molar-refractivity contribution is -0.149. The first-order valence-electron chi connectivity index (χ1n) is 14.7. The lowest BCUT2D eigenvalue weighted by Crippen LogP contribution is -2.50. The zero-order valence-corrected chi connectivity index (χ0v) is 24.5. The van der Waals surface area contributed by atoms with Gasteiger partial charge in [-0.25, -0.2) is 0 Å². The Bertz CT molecular complexity index is 1150. The van der Waals surface area contributed by atoms with Gasteiger partial charge in [0, 0.05) is 17.9 Å². The minimum absolute atomic E-state index is 0.0367. The quantitative estimate of drug-likeness (QED) is 0.282. The molecule has 220 valence electrons. The molecular formula is C33H42N2O5S. The first kappa shape index (κ1) is 30.8. The summed E-state index contributed by atoms with van der Waals surface area (Å²) >= 11 is 1.67. The van der Waals surface area contributed by atoms with E-state index in [1.54, 1.807) is 11.8 Å². The Morgan fingerprint density at radius 2 is 1.59 bits per heavy atom. The van der Waals surface area contributed by atoms with Crippen LogP contribution in [0.5, 0.6) is 0 Å². The number of aliphatic hydroxyl groups is 1. The Labute approximate surface area is 247 Å². The summed E-state index contributed by atoms with van der Waals surface area (Å²) in [5, 5.41) is 16.0. The lowest BCUT2D eigenvalue weighted by atomic mass is 9.93. The van der Waals surface area contributed by atoms with E-state index < -0.39 is 11.5 Å². The van der Waals surface area contributed by atoms with E-state index in [9.17, 15) is 19.5 Å². The van der Waals surface area contributed by atoms with Gasteiger partial charge in [-0.1, -0.05) is 85.7 Å². The van der Waals surface area contributed by atoms with Crippen LogP contribution in [0.2, 0.25) is 0 Å². The van der Waals surface area contributed by atoms with Crippen molar-refractivity contribution in [2.45, 2.75) is 68.7 Å². The Hall–Kier alpha value is -3.10. The summed E-state index contributed by atoms with van der Waals surface area (Å²) in [6.45, 7) is -0.0156. The number of nitrogens with one attached hydrogen (secondary N) is 2. The van der Waals surface area contributed by atoms with Gasteiger partial charge in [-0.2, -0.15) is 11.8 Å². The van der Waals surface area contributed by atoms with E-state index >= 15 is 0 Å². The molecule has 1 fully saturated rings. The topological polar surface area (TPSA) is 105 Å². The number of aliphatic hydroxyl groups excluding tert-OH is 1. The molecule has 2 aromatic rings. The van der Waals surface area contributed by atoms with E-state index in [0.717, 1.165) is 37.0 Å². The Morgan fingerprint density at radius 3 is 2.24 bits per heavy atom. The number of benzene rings is 2. The van der Waals surface area contributed by atoms with Crippen molar-refractivity contribution >= 4 is 29.5 Å². The minimum Gasteiger partial charge on any atom is -0.463 e. The number of amides is 2.